The summed E-state index contributed by atoms with van der Waals surface area (Å²) in [6, 6.07) is 13.0. The summed E-state index contributed by atoms with van der Waals surface area (Å²) in [5, 5.41) is 2.77. The van der Waals surface area contributed by atoms with Crippen LogP contribution in [-0.4, -0.2) is 16.4 Å². The zero-order valence-corrected chi connectivity index (χ0v) is 15.5. The van der Waals surface area contributed by atoms with Crippen molar-refractivity contribution < 1.29 is 9.59 Å². The molecule has 0 atom stereocenters. The summed E-state index contributed by atoms with van der Waals surface area (Å²) in [5.74, 6) is -0.403. The Morgan fingerprint density at radius 3 is 2.77 bits per heavy atom. The summed E-state index contributed by atoms with van der Waals surface area (Å²) in [6.07, 6.45) is 1.77. The van der Waals surface area contributed by atoms with Crippen molar-refractivity contribution in [1.82, 2.24) is 4.57 Å². The number of fused-ring (bicyclic) bond motifs is 1. The number of benzene rings is 2. The van der Waals surface area contributed by atoms with E-state index in [2.05, 4.69) is 16.9 Å². The second-order valence-corrected chi connectivity index (χ2v) is 6.94. The van der Waals surface area contributed by atoms with E-state index in [0.29, 0.717) is 22.6 Å². The third kappa shape index (κ3) is 3.81. The first-order chi connectivity index (χ1) is 12.5. The van der Waals surface area contributed by atoms with E-state index >= 15 is 0 Å². The number of carbonyl (C=O) groups is 2. The molecule has 6 heteroatoms. The van der Waals surface area contributed by atoms with Gasteiger partial charge >= 0.3 is 0 Å². The van der Waals surface area contributed by atoms with Crippen molar-refractivity contribution in [1.29, 1.82) is 0 Å². The van der Waals surface area contributed by atoms with Gasteiger partial charge in [-0.25, -0.2) is 0 Å². The molecular weight excluding hydrogens is 346 g/mol. The summed E-state index contributed by atoms with van der Waals surface area (Å²) >= 11 is 1.41. The highest BCUT2D eigenvalue weighted by Gasteiger charge is 2.10. The van der Waals surface area contributed by atoms with Gasteiger partial charge in [0.2, 0.25) is 5.91 Å². The number of aryl methyl sites for hydroxylation is 1. The summed E-state index contributed by atoms with van der Waals surface area (Å²) < 4.78 is 2.88. The van der Waals surface area contributed by atoms with Gasteiger partial charge in [0.15, 0.2) is 4.80 Å². The van der Waals surface area contributed by atoms with Gasteiger partial charge in [0, 0.05) is 24.7 Å². The van der Waals surface area contributed by atoms with Gasteiger partial charge in [-0.1, -0.05) is 35.1 Å². The monoisotopic (exact) mass is 365 g/mol. The summed E-state index contributed by atoms with van der Waals surface area (Å²) in [5.41, 5.74) is 3.24. The zero-order chi connectivity index (χ0) is 18.7. The van der Waals surface area contributed by atoms with Gasteiger partial charge in [-0.05, 0) is 37.3 Å². The fraction of sp³-hybridized carbons (Fsp3) is 0.150. The van der Waals surface area contributed by atoms with E-state index < -0.39 is 0 Å². The third-order valence-corrected chi connectivity index (χ3v) is 4.82. The number of nitrogens with one attached hydrogen (secondary N) is 1. The van der Waals surface area contributed by atoms with Crippen molar-refractivity contribution >= 4 is 39.1 Å². The SMILES string of the molecule is C=CCn1c(=NC(=O)c2cccc(C)c2)sc2cc(NC(C)=O)ccc21. The van der Waals surface area contributed by atoms with Gasteiger partial charge in [0.1, 0.15) is 0 Å². The molecule has 3 rings (SSSR count). The Bertz CT molecular complexity index is 1080. The molecule has 0 bridgehead atoms. The maximum absolute atomic E-state index is 12.6. The highest BCUT2D eigenvalue weighted by atomic mass is 32.1. The molecule has 0 fully saturated rings. The lowest BCUT2D eigenvalue weighted by molar-refractivity contribution is -0.114. The smallest absolute Gasteiger partial charge is 0.279 e. The normalized spacial score (nSPS) is 11.5. The van der Waals surface area contributed by atoms with E-state index in [9.17, 15) is 9.59 Å². The molecule has 2 amide bonds. The van der Waals surface area contributed by atoms with Crippen molar-refractivity contribution in [3.05, 3.63) is 71.0 Å². The number of thiazole rings is 1. The molecule has 0 spiro atoms. The maximum Gasteiger partial charge on any atom is 0.279 e. The van der Waals surface area contributed by atoms with Gasteiger partial charge in [-0.15, -0.1) is 6.58 Å². The predicted molar refractivity (Wildman–Crippen MR) is 105 cm³/mol. The van der Waals surface area contributed by atoms with Gasteiger partial charge in [0.05, 0.1) is 10.2 Å². The minimum absolute atomic E-state index is 0.126. The minimum atomic E-state index is -0.278. The molecule has 0 aliphatic rings. The van der Waals surface area contributed by atoms with E-state index in [-0.39, 0.29) is 11.8 Å². The number of amides is 2. The Balaban J connectivity index is 2.11. The average molecular weight is 365 g/mol. The van der Waals surface area contributed by atoms with Crippen molar-refractivity contribution in [2.75, 3.05) is 5.32 Å². The van der Waals surface area contributed by atoms with Crippen molar-refractivity contribution in [3.8, 4) is 0 Å². The number of aromatic nitrogens is 1. The van der Waals surface area contributed by atoms with Crippen molar-refractivity contribution in [2.24, 2.45) is 4.99 Å². The molecule has 0 unspecified atom stereocenters. The summed E-state index contributed by atoms with van der Waals surface area (Å²) in [4.78, 5) is 28.7. The lowest BCUT2D eigenvalue weighted by Crippen LogP contribution is -2.16. The molecule has 0 saturated carbocycles. The van der Waals surface area contributed by atoms with Crippen LogP contribution in [0.4, 0.5) is 5.69 Å². The van der Waals surface area contributed by atoms with Crippen LogP contribution in [0.3, 0.4) is 0 Å². The van der Waals surface area contributed by atoms with Crippen LogP contribution in [0.15, 0.2) is 60.1 Å². The number of allylic oxidation sites excluding steroid dienone is 1. The maximum atomic E-state index is 12.6. The number of rotatable bonds is 4. The summed E-state index contributed by atoms with van der Waals surface area (Å²) in [6.45, 7) is 7.74. The molecule has 3 aromatic rings. The van der Waals surface area contributed by atoms with Gasteiger partial charge in [-0.3, -0.25) is 9.59 Å². The molecule has 5 nitrogen and oxygen atoms in total. The first-order valence-electron chi connectivity index (χ1n) is 8.15. The van der Waals surface area contributed by atoms with Gasteiger partial charge < -0.3 is 9.88 Å². The molecule has 0 aliphatic heterocycles. The number of hydrogen-bond acceptors (Lipinski definition) is 3. The number of hydrogen-bond donors (Lipinski definition) is 1. The Morgan fingerprint density at radius 1 is 1.27 bits per heavy atom. The molecule has 132 valence electrons. The average Bonchev–Trinajstić information content (AvgIpc) is 2.91. The van der Waals surface area contributed by atoms with Crippen LogP contribution in [0.25, 0.3) is 10.2 Å². The van der Waals surface area contributed by atoms with Crippen molar-refractivity contribution in [3.63, 3.8) is 0 Å². The Morgan fingerprint density at radius 2 is 2.08 bits per heavy atom. The molecule has 1 N–H and O–H groups in total. The standard InChI is InChI=1S/C20H19N3O2S/c1-4-10-23-17-9-8-16(21-14(3)24)12-18(17)26-20(23)22-19(25)15-7-5-6-13(2)11-15/h4-9,11-12H,1,10H2,2-3H3,(H,21,24). The van der Waals surface area contributed by atoms with Crippen LogP contribution < -0.4 is 10.1 Å². The van der Waals surface area contributed by atoms with E-state index in [0.717, 1.165) is 15.8 Å². The first kappa shape index (κ1) is 17.8. The molecule has 2 aromatic carbocycles. The Labute approximate surface area is 155 Å². The Hall–Kier alpha value is -2.99. The molecule has 0 radical (unpaired) electrons. The fourth-order valence-electron chi connectivity index (χ4n) is 2.67. The van der Waals surface area contributed by atoms with Gasteiger partial charge in [-0.2, -0.15) is 4.99 Å². The molecule has 1 heterocycles. The fourth-order valence-corrected chi connectivity index (χ4v) is 3.75. The quantitative estimate of drug-likeness (QED) is 0.713. The lowest BCUT2D eigenvalue weighted by atomic mass is 10.1. The molecule has 26 heavy (non-hydrogen) atoms. The van der Waals surface area contributed by atoms with Crippen molar-refractivity contribution in [2.45, 2.75) is 20.4 Å². The second kappa shape index (κ2) is 7.49. The van der Waals surface area contributed by atoms with E-state index in [1.54, 1.807) is 12.1 Å². The van der Waals surface area contributed by atoms with E-state index in [1.165, 1.54) is 18.3 Å². The van der Waals surface area contributed by atoms with Crippen LogP contribution >= 0.6 is 11.3 Å². The van der Waals surface area contributed by atoms with Crippen LogP contribution in [0, 0.1) is 6.92 Å². The number of carbonyl (C=O) groups excluding carboxylic acids is 2. The van der Waals surface area contributed by atoms with E-state index in [4.69, 9.17) is 0 Å². The zero-order valence-electron chi connectivity index (χ0n) is 14.7. The third-order valence-electron chi connectivity index (χ3n) is 3.78. The predicted octanol–water partition coefficient (Wildman–Crippen LogP) is 3.90. The van der Waals surface area contributed by atoms with Crippen LogP contribution in [0.1, 0.15) is 22.8 Å². The first-order valence-corrected chi connectivity index (χ1v) is 8.97. The highest BCUT2D eigenvalue weighted by molar-refractivity contribution is 7.16. The van der Waals surface area contributed by atoms with Crippen LogP contribution in [0.2, 0.25) is 0 Å². The lowest BCUT2D eigenvalue weighted by Gasteiger charge is -2.03. The minimum Gasteiger partial charge on any atom is -0.326 e. The number of nitrogens with zero attached hydrogens (tertiary/aromatic N) is 2. The van der Waals surface area contributed by atoms with Gasteiger partial charge in [0.25, 0.3) is 5.91 Å². The topological polar surface area (TPSA) is 63.5 Å². The largest absolute Gasteiger partial charge is 0.326 e. The molecule has 0 saturated heterocycles. The summed E-state index contributed by atoms with van der Waals surface area (Å²) in [7, 11) is 0. The molecule has 1 aromatic heterocycles. The second-order valence-electron chi connectivity index (χ2n) is 5.93. The van der Waals surface area contributed by atoms with Crippen LogP contribution in [-0.2, 0) is 11.3 Å². The highest BCUT2D eigenvalue weighted by Crippen LogP contribution is 2.22. The van der Waals surface area contributed by atoms with Crippen LogP contribution in [0.5, 0.6) is 0 Å². The number of anilines is 1. The molecule has 0 aliphatic carbocycles. The Kier molecular flexibility index (Phi) is 5.14. The van der Waals surface area contributed by atoms with E-state index in [1.807, 2.05) is 47.9 Å². The molecular formula is C20H19N3O2S.